The molecule has 0 saturated heterocycles. The second kappa shape index (κ2) is 14.7. The molecule has 0 bridgehead atoms. The Morgan fingerprint density at radius 2 is 1.00 bits per heavy atom. The predicted molar refractivity (Wildman–Crippen MR) is 281 cm³/mol. The number of benzene rings is 10. The molecule has 310 valence electrons. The first-order chi connectivity index (χ1) is 32.7. The predicted octanol–water partition coefficient (Wildman–Crippen LogP) is 15.4. The van der Waals surface area contributed by atoms with Gasteiger partial charge in [-0.1, -0.05) is 176 Å². The van der Waals surface area contributed by atoms with E-state index in [9.17, 15) is 0 Å². The van der Waals surface area contributed by atoms with Crippen LogP contribution in [0.5, 0.6) is 0 Å². The Hall–Kier alpha value is -8.20. The molecule has 0 N–H and O–H groups in total. The molecule has 12 aromatic rings. The number of fused-ring (bicyclic) bond motifs is 10. The summed E-state index contributed by atoms with van der Waals surface area (Å²) in [5.74, 6) is 0. The van der Waals surface area contributed by atoms with Crippen molar-refractivity contribution < 1.29 is 0 Å². The summed E-state index contributed by atoms with van der Waals surface area (Å²) in [5.41, 5.74) is 15.2. The fraction of sp³-hybridized carbons (Fsp3) is 0.0625. The Bertz CT molecular complexity index is 4100. The average Bonchev–Trinajstić information content (AvgIpc) is 3.90. The average molecular weight is 841 g/mol. The first-order valence-electron chi connectivity index (χ1n) is 23.4. The Morgan fingerprint density at radius 3 is 1.76 bits per heavy atom. The zero-order chi connectivity index (χ0) is 43.3. The Kier molecular flexibility index (Phi) is 8.27. The van der Waals surface area contributed by atoms with E-state index in [1.807, 2.05) is 0 Å². The van der Waals surface area contributed by atoms with Crippen molar-refractivity contribution in [1.82, 2.24) is 9.13 Å². The first kappa shape index (κ1) is 37.2. The topological polar surface area (TPSA) is 9.86 Å². The molecule has 0 fully saturated rings. The zero-order valence-corrected chi connectivity index (χ0v) is 36.5. The van der Waals surface area contributed by atoms with Gasteiger partial charge in [-0.05, 0) is 144 Å². The third kappa shape index (κ3) is 5.68. The summed E-state index contributed by atoms with van der Waals surface area (Å²) >= 11 is 0. The quantitative estimate of drug-likeness (QED) is 0.163. The van der Waals surface area contributed by atoms with Gasteiger partial charge in [0.1, 0.15) is 0 Å². The van der Waals surface area contributed by atoms with Crippen LogP contribution >= 0.6 is 0 Å². The van der Waals surface area contributed by atoms with Gasteiger partial charge in [0.15, 0.2) is 0 Å². The summed E-state index contributed by atoms with van der Waals surface area (Å²) < 4.78 is 5.14. The minimum Gasteiger partial charge on any atom is -0.333 e. The molecule has 0 saturated carbocycles. The van der Waals surface area contributed by atoms with Crippen LogP contribution in [0, 0.1) is 0 Å². The van der Waals surface area contributed by atoms with E-state index in [0.717, 1.165) is 19.3 Å². The second-order valence-corrected chi connectivity index (χ2v) is 18.2. The van der Waals surface area contributed by atoms with Crippen LogP contribution in [0.3, 0.4) is 0 Å². The molecule has 1 atom stereocenters. The number of rotatable bonds is 5. The van der Waals surface area contributed by atoms with Crippen molar-refractivity contribution in [3.05, 3.63) is 228 Å². The maximum absolute atomic E-state index is 2.60. The van der Waals surface area contributed by atoms with E-state index in [2.05, 4.69) is 234 Å². The molecule has 2 heteroatoms. The molecule has 2 nitrogen and oxygen atoms in total. The van der Waals surface area contributed by atoms with E-state index in [1.165, 1.54) is 126 Å². The highest BCUT2D eigenvalue weighted by molar-refractivity contribution is 6.10. The SMILES string of the molecule is C1=Cc2c(n(-c3ccc4c(-c5cccc(-c6ccc7ccccc7c6)c5)c5c(c(-c6ccc7ccccc7c6)c4c3)=CCC(n3c4ccccc4c4ccccc43)C=5)c3ccccc23)CC1. The van der Waals surface area contributed by atoms with Crippen LogP contribution < -0.4 is 10.4 Å². The molecule has 0 radical (unpaired) electrons. The summed E-state index contributed by atoms with van der Waals surface area (Å²) in [7, 11) is 0. The fourth-order valence-electron chi connectivity index (χ4n) is 11.7. The van der Waals surface area contributed by atoms with Gasteiger partial charge in [0, 0.05) is 44.1 Å². The van der Waals surface area contributed by atoms with E-state index >= 15 is 0 Å². The van der Waals surface area contributed by atoms with Crippen molar-refractivity contribution in [2.45, 2.75) is 25.3 Å². The number of hydrogen-bond acceptors (Lipinski definition) is 0. The molecule has 0 amide bonds. The normalized spacial score (nSPS) is 14.5. The minimum absolute atomic E-state index is 0.108. The maximum atomic E-state index is 2.60. The van der Waals surface area contributed by atoms with E-state index in [0.29, 0.717) is 0 Å². The van der Waals surface area contributed by atoms with Gasteiger partial charge in [-0.25, -0.2) is 0 Å². The van der Waals surface area contributed by atoms with Crippen LogP contribution in [-0.4, -0.2) is 9.13 Å². The molecule has 66 heavy (non-hydrogen) atoms. The lowest BCUT2D eigenvalue weighted by Gasteiger charge is -2.24. The number of allylic oxidation sites excluding steroid dienone is 1. The molecule has 2 aromatic heterocycles. The van der Waals surface area contributed by atoms with Gasteiger partial charge in [-0.2, -0.15) is 0 Å². The largest absolute Gasteiger partial charge is 0.333 e. The molecule has 14 rings (SSSR count). The summed E-state index contributed by atoms with van der Waals surface area (Å²) in [6.07, 6.45) is 12.8. The Morgan fingerprint density at radius 1 is 0.409 bits per heavy atom. The first-order valence-corrected chi connectivity index (χ1v) is 23.4. The van der Waals surface area contributed by atoms with Crippen LogP contribution in [0.4, 0.5) is 0 Å². The molecule has 1 unspecified atom stereocenters. The lowest BCUT2D eigenvalue weighted by molar-refractivity contribution is 0.695. The van der Waals surface area contributed by atoms with Crippen molar-refractivity contribution in [3.63, 3.8) is 0 Å². The second-order valence-electron chi connectivity index (χ2n) is 18.2. The lowest BCUT2D eigenvalue weighted by atomic mass is 9.84. The van der Waals surface area contributed by atoms with E-state index in [-0.39, 0.29) is 6.04 Å². The molecule has 2 heterocycles. The highest BCUT2D eigenvalue weighted by Gasteiger charge is 2.24. The number of aromatic nitrogens is 2. The number of hydrogen-bond donors (Lipinski definition) is 0. The number of nitrogens with zero attached hydrogens (tertiary/aromatic N) is 2. The van der Waals surface area contributed by atoms with Crippen molar-refractivity contribution in [3.8, 4) is 39.1 Å². The van der Waals surface area contributed by atoms with Crippen LogP contribution in [0.1, 0.15) is 30.1 Å². The highest BCUT2D eigenvalue weighted by Crippen LogP contribution is 2.41. The summed E-state index contributed by atoms with van der Waals surface area (Å²) in [4.78, 5) is 0. The maximum Gasteiger partial charge on any atom is 0.0566 e. The third-order valence-electron chi connectivity index (χ3n) is 14.6. The van der Waals surface area contributed by atoms with E-state index < -0.39 is 0 Å². The Balaban J connectivity index is 1.10. The third-order valence-corrected chi connectivity index (χ3v) is 14.6. The highest BCUT2D eigenvalue weighted by atomic mass is 15.0. The van der Waals surface area contributed by atoms with Crippen LogP contribution in [0.15, 0.2) is 206 Å². The smallest absolute Gasteiger partial charge is 0.0566 e. The monoisotopic (exact) mass is 840 g/mol. The lowest BCUT2D eigenvalue weighted by Crippen LogP contribution is -2.34. The minimum atomic E-state index is 0.108. The van der Waals surface area contributed by atoms with Crippen molar-refractivity contribution in [2.24, 2.45) is 0 Å². The van der Waals surface area contributed by atoms with Crippen molar-refractivity contribution >= 4 is 83.3 Å². The molecular weight excluding hydrogens is 797 g/mol. The van der Waals surface area contributed by atoms with Crippen molar-refractivity contribution in [1.29, 1.82) is 0 Å². The Labute approximate surface area is 382 Å². The number of para-hydroxylation sites is 3. The van der Waals surface area contributed by atoms with Gasteiger partial charge in [0.25, 0.3) is 0 Å². The fourth-order valence-corrected chi connectivity index (χ4v) is 11.7. The van der Waals surface area contributed by atoms with Gasteiger partial charge < -0.3 is 9.13 Å². The van der Waals surface area contributed by atoms with Crippen LogP contribution in [0.2, 0.25) is 0 Å². The van der Waals surface area contributed by atoms with E-state index in [1.54, 1.807) is 0 Å². The van der Waals surface area contributed by atoms with Crippen molar-refractivity contribution in [2.75, 3.05) is 0 Å². The molecule has 2 aliphatic rings. The molecule has 2 aliphatic carbocycles. The molecule has 10 aromatic carbocycles. The van der Waals surface area contributed by atoms with Gasteiger partial charge in [0.2, 0.25) is 0 Å². The molecule has 0 spiro atoms. The van der Waals surface area contributed by atoms with Crippen LogP contribution in [0.25, 0.3) is 122 Å². The summed E-state index contributed by atoms with van der Waals surface area (Å²) in [5, 5.41) is 14.1. The standard InChI is InChI=1S/C64H44N2/c1-3-16-43-36-46(30-28-41(43)14-1)45-18-13-19-47(38-45)63-55-34-32-50(66-61-26-11-7-22-53(61)54-23-8-12-27-62(54)66)40-58(55)64(48-31-29-42-15-2-4-17-44(42)37-48)56-35-33-49(39-57(56)63)65-59-24-9-5-20-51(59)52-21-6-10-25-60(52)65/h1-11,13-26,28-32,34-40,49H,12,27,33H2. The molecular formula is C64H44N2. The zero-order valence-electron chi connectivity index (χ0n) is 36.5. The van der Waals surface area contributed by atoms with Gasteiger partial charge in [-0.15, -0.1) is 0 Å². The van der Waals surface area contributed by atoms with Gasteiger partial charge in [-0.3, -0.25) is 0 Å². The van der Waals surface area contributed by atoms with Gasteiger partial charge in [0.05, 0.1) is 11.6 Å². The molecule has 0 aliphatic heterocycles. The van der Waals surface area contributed by atoms with E-state index in [4.69, 9.17) is 0 Å². The van der Waals surface area contributed by atoms with Crippen LogP contribution in [-0.2, 0) is 6.42 Å². The van der Waals surface area contributed by atoms with Gasteiger partial charge >= 0.3 is 0 Å². The summed E-state index contributed by atoms with van der Waals surface area (Å²) in [6.45, 7) is 0. The summed E-state index contributed by atoms with van der Waals surface area (Å²) in [6, 6.07) is 75.0.